The van der Waals surface area contributed by atoms with Gasteiger partial charge < -0.3 is 45.7 Å². The summed E-state index contributed by atoms with van der Waals surface area (Å²) < 4.78 is 5.21. The molecule has 14 heteroatoms. The van der Waals surface area contributed by atoms with Crippen LogP contribution in [-0.2, 0) is 43.1 Å². The highest BCUT2D eigenvalue weighted by Gasteiger charge is 2.22. The maximum absolute atomic E-state index is 12.7. The van der Waals surface area contributed by atoms with Gasteiger partial charge >= 0.3 is 5.97 Å². The molecule has 0 radical (unpaired) electrons. The van der Waals surface area contributed by atoms with Crippen molar-refractivity contribution < 1.29 is 43.1 Å². The molecule has 0 aromatic carbocycles. The molecule has 0 aromatic rings. The minimum absolute atomic E-state index is 0.0522. The van der Waals surface area contributed by atoms with Crippen molar-refractivity contribution in [3.8, 4) is 0 Å². The van der Waals surface area contributed by atoms with Gasteiger partial charge in [0.15, 0.2) is 0 Å². The number of ether oxygens (including phenoxy) is 1. The highest BCUT2D eigenvalue weighted by molar-refractivity contribution is 5.90. The molecule has 1 atom stereocenters. The van der Waals surface area contributed by atoms with Crippen LogP contribution in [0.1, 0.15) is 197 Å². The number of aldehydes is 1. The van der Waals surface area contributed by atoms with E-state index in [1.165, 1.54) is 0 Å². The van der Waals surface area contributed by atoms with Gasteiger partial charge in [0, 0.05) is 51.6 Å². The van der Waals surface area contributed by atoms with Crippen LogP contribution in [0.25, 0.3) is 0 Å². The molecule has 5 N–H and O–H groups in total. The number of unbranched alkanes of at least 4 members (excludes halogenated alkanes) is 10. The lowest BCUT2D eigenvalue weighted by Gasteiger charge is -2.18. The maximum atomic E-state index is 12.7. The van der Waals surface area contributed by atoms with E-state index >= 15 is 0 Å². The van der Waals surface area contributed by atoms with Crippen molar-refractivity contribution in [1.29, 1.82) is 0 Å². The van der Waals surface area contributed by atoms with E-state index in [4.69, 9.17) is 4.74 Å². The van der Waals surface area contributed by atoms with Crippen LogP contribution in [0.2, 0.25) is 0 Å². The Labute approximate surface area is 359 Å². The first-order valence-corrected chi connectivity index (χ1v) is 22.8. The molecule has 0 aromatic heterocycles. The zero-order valence-electron chi connectivity index (χ0n) is 39.2. The van der Waals surface area contributed by atoms with E-state index in [1.54, 1.807) is 13.8 Å². The van der Waals surface area contributed by atoms with E-state index in [-0.39, 0.29) is 49.4 Å². The number of hydrogen-bond acceptors (Lipinski definition) is 10. The number of amides is 4. The Hall–Kier alpha value is -3.68. The third-order valence-electron chi connectivity index (χ3n) is 8.08. The summed E-state index contributed by atoms with van der Waals surface area (Å²) in [5.74, 6) is -1.21. The van der Waals surface area contributed by atoms with Gasteiger partial charge in [-0.1, -0.05) is 74.1 Å². The van der Waals surface area contributed by atoms with E-state index in [0.717, 1.165) is 96.4 Å². The molecule has 4 amide bonds. The van der Waals surface area contributed by atoms with E-state index < -0.39 is 23.8 Å². The predicted molar refractivity (Wildman–Crippen MR) is 240 cm³/mol. The van der Waals surface area contributed by atoms with Gasteiger partial charge in [0.2, 0.25) is 23.6 Å². The van der Waals surface area contributed by atoms with Crippen molar-refractivity contribution in [2.75, 3.05) is 39.8 Å². The summed E-state index contributed by atoms with van der Waals surface area (Å²) >= 11 is 0. The summed E-state index contributed by atoms with van der Waals surface area (Å²) in [6.45, 7) is 19.2. The number of Topliss-reactive ketones (excluding diaryl/α,β-unsaturated/α-hetero) is 2. The number of carbonyl (C=O) groups excluding carboxylic acids is 8. The fourth-order valence-corrected chi connectivity index (χ4v) is 4.91. The highest BCUT2D eigenvalue weighted by Crippen LogP contribution is 2.05. The maximum Gasteiger partial charge on any atom is 0.305 e. The predicted octanol–water partition coefficient (Wildman–Crippen LogP) is 7.24. The average Bonchev–Trinajstić information content (AvgIpc) is 3.23. The molecule has 1 unspecified atom stereocenters. The molecule has 0 aliphatic carbocycles. The fourth-order valence-electron chi connectivity index (χ4n) is 4.91. The monoisotopic (exact) mass is 844 g/mol. The van der Waals surface area contributed by atoms with Crippen LogP contribution in [0.15, 0.2) is 0 Å². The Morgan fingerprint density at radius 3 is 1.58 bits per heavy atom. The van der Waals surface area contributed by atoms with Gasteiger partial charge in [-0.15, -0.1) is 0 Å². The molecule has 59 heavy (non-hydrogen) atoms. The summed E-state index contributed by atoms with van der Waals surface area (Å²) in [5, 5.41) is 13.9. The second-order valence-electron chi connectivity index (χ2n) is 13.4. The molecule has 348 valence electrons. The minimum atomic E-state index is -0.948. The number of hydrogen-bond donors (Lipinski definition) is 5. The third kappa shape index (κ3) is 56.5. The highest BCUT2D eigenvalue weighted by atomic mass is 16.5. The molecule has 14 nitrogen and oxygen atoms in total. The number of esters is 1. The first-order valence-electron chi connectivity index (χ1n) is 22.8. The topological polar surface area (TPSA) is 206 Å². The number of rotatable bonds is 34. The quantitative estimate of drug-likeness (QED) is 0.0250. The third-order valence-corrected chi connectivity index (χ3v) is 8.08. The van der Waals surface area contributed by atoms with Crippen molar-refractivity contribution >= 4 is 47.5 Å². The second-order valence-corrected chi connectivity index (χ2v) is 13.4. The molecule has 0 bridgehead atoms. The van der Waals surface area contributed by atoms with Crippen molar-refractivity contribution in [2.45, 2.75) is 203 Å². The van der Waals surface area contributed by atoms with Crippen LogP contribution >= 0.6 is 0 Å². The van der Waals surface area contributed by atoms with Crippen LogP contribution in [0.5, 0.6) is 0 Å². The van der Waals surface area contributed by atoms with Gasteiger partial charge in [0.1, 0.15) is 23.9 Å². The van der Waals surface area contributed by atoms with Crippen LogP contribution in [-0.4, -0.2) is 93.3 Å². The average molecular weight is 844 g/mol. The zero-order valence-corrected chi connectivity index (χ0v) is 39.2. The van der Waals surface area contributed by atoms with Crippen LogP contribution < -0.4 is 26.6 Å². The summed E-state index contributed by atoms with van der Waals surface area (Å²) in [7, 11) is 1.87. The molecular weight excluding hydrogens is 755 g/mol. The van der Waals surface area contributed by atoms with Gasteiger partial charge in [0.05, 0.1) is 13.2 Å². The van der Waals surface area contributed by atoms with Crippen LogP contribution in [0.4, 0.5) is 0 Å². The van der Waals surface area contributed by atoms with Gasteiger partial charge in [-0.3, -0.25) is 24.0 Å². The Morgan fingerprint density at radius 1 is 0.542 bits per heavy atom. The van der Waals surface area contributed by atoms with Gasteiger partial charge in [-0.05, 0) is 98.1 Å². The molecular formula is C45H89N5O9. The van der Waals surface area contributed by atoms with E-state index in [9.17, 15) is 38.4 Å². The Kier molecular flexibility index (Phi) is 59.4. The van der Waals surface area contributed by atoms with Gasteiger partial charge in [0.25, 0.3) is 0 Å². The molecule has 0 aliphatic heterocycles. The number of carbonyl (C=O) groups is 8. The number of nitrogens with one attached hydrogen (secondary N) is 5. The molecule has 0 spiro atoms. The van der Waals surface area contributed by atoms with E-state index in [2.05, 4.69) is 33.5 Å². The summed E-state index contributed by atoms with van der Waals surface area (Å²) in [4.78, 5) is 92.4. The minimum Gasteiger partial charge on any atom is -0.466 e. The van der Waals surface area contributed by atoms with Gasteiger partial charge in [-0.25, -0.2) is 0 Å². The van der Waals surface area contributed by atoms with E-state index in [1.807, 2.05) is 48.6 Å². The van der Waals surface area contributed by atoms with Gasteiger partial charge in [-0.2, -0.15) is 0 Å². The van der Waals surface area contributed by atoms with Crippen molar-refractivity contribution in [1.82, 2.24) is 26.6 Å². The Morgan fingerprint density at radius 2 is 1.03 bits per heavy atom. The molecule has 0 saturated carbocycles. The van der Waals surface area contributed by atoms with Crippen LogP contribution in [0.3, 0.4) is 0 Å². The van der Waals surface area contributed by atoms with Crippen molar-refractivity contribution in [3.63, 3.8) is 0 Å². The summed E-state index contributed by atoms with van der Waals surface area (Å²) in [6, 6.07) is -0.948. The number of ketones is 2. The lowest BCUT2D eigenvalue weighted by Crippen LogP contribution is -2.49. The van der Waals surface area contributed by atoms with E-state index in [0.29, 0.717) is 51.5 Å². The fraction of sp³-hybridized carbons (Fsp3) is 0.822. The zero-order chi connectivity index (χ0) is 46.0. The second kappa shape index (κ2) is 54.3. The van der Waals surface area contributed by atoms with Crippen LogP contribution in [0, 0.1) is 0 Å². The first kappa shape index (κ1) is 64.5. The Bertz CT molecular complexity index is 1040. The lowest BCUT2D eigenvalue weighted by atomic mass is 10.1. The lowest BCUT2D eigenvalue weighted by molar-refractivity contribution is -0.144. The SMILES string of the molecule is CC.CC.CC.CCCCC(=O)NCCCCCC=O.CNCCCCCC(=O)NCC(=O)NC(CCC(=O)OCCCCCC(C)=O)C(=O)NCCCCCC(C)=O. The molecule has 0 rings (SSSR count). The normalized spacial score (nSPS) is 10.1. The smallest absolute Gasteiger partial charge is 0.305 e. The Balaban J connectivity index is -0.000000403. The van der Waals surface area contributed by atoms with Crippen molar-refractivity contribution in [3.05, 3.63) is 0 Å². The molecule has 0 heterocycles. The summed E-state index contributed by atoms with van der Waals surface area (Å²) in [6.07, 6.45) is 15.6. The molecule has 0 aliphatic rings. The summed E-state index contributed by atoms with van der Waals surface area (Å²) in [5.41, 5.74) is 0. The molecule has 0 saturated heterocycles. The standard InChI is InChI=1S/C28H50N4O7.C11H21NO2.3C2H6/c1-22(33)13-7-4-11-19-30-28(38)24(16-17-27(37)39-20-12-6-8-14-23(2)34)32-26(36)21-31-25(35)15-9-5-10-18-29-3;1-2-3-8-11(14)12-9-6-4-5-7-10-13;3*1-2/h24,29H,4-21H2,1-3H3,(H,30,38)(H,31,35)(H,32,36);10H,2-9H2,1H3,(H,12,14);3*1-2H3. The van der Waals surface area contributed by atoms with Crippen molar-refractivity contribution in [2.24, 2.45) is 0 Å². The molecule has 0 fully saturated rings. The first-order chi connectivity index (χ1) is 28.5. The largest absolute Gasteiger partial charge is 0.466 e.